The van der Waals surface area contributed by atoms with Gasteiger partial charge in [0.15, 0.2) is 0 Å². The summed E-state index contributed by atoms with van der Waals surface area (Å²) in [5, 5.41) is 11.4. The molecule has 11 heteroatoms. The van der Waals surface area contributed by atoms with E-state index in [2.05, 4.69) is 15.7 Å². The summed E-state index contributed by atoms with van der Waals surface area (Å²) in [5.41, 5.74) is 1.01. The third-order valence-corrected chi connectivity index (χ3v) is 5.60. The van der Waals surface area contributed by atoms with Crippen LogP contribution in [0, 0.1) is 0 Å². The van der Waals surface area contributed by atoms with E-state index in [1.54, 1.807) is 44.4 Å². The monoisotopic (exact) mass is 456 g/mol. The predicted molar refractivity (Wildman–Crippen MR) is 115 cm³/mol. The molecular weight excluding hydrogens is 436 g/mol. The van der Waals surface area contributed by atoms with Crippen LogP contribution in [-0.4, -0.2) is 35.5 Å². The highest BCUT2D eigenvalue weighted by atomic mass is 32.1. The molecule has 166 valence electrons. The predicted octanol–water partition coefficient (Wildman–Crippen LogP) is 2.44. The first kappa shape index (κ1) is 21.4. The fraction of sp³-hybridized carbons (Fsp3) is 0.238. The lowest BCUT2D eigenvalue weighted by Crippen LogP contribution is -2.47. The standard InChI is InChI=1S/C21H20N4O6S/c1-3-30-19(26)16-14(11-25-21(28)31-18(24-25)15-5-4-10-32-15)22-20(27)23-17(16)12-6-8-13(29-2)9-7-12/h4-10,17H,3,11H2,1-2H3,(H2,22,23,27). The van der Waals surface area contributed by atoms with Gasteiger partial charge in [-0.15, -0.1) is 16.4 Å². The minimum absolute atomic E-state index is 0.144. The number of aromatic nitrogens is 2. The van der Waals surface area contributed by atoms with Crippen LogP contribution in [0.15, 0.2) is 62.3 Å². The Hall–Kier alpha value is -3.86. The van der Waals surface area contributed by atoms with Gasteiger partial charge < -0.3 is 24.5 Å². The van der Waals surface area contributed by atoms with E-state index in [0.29, 0.717) is 16.2 Å². The molecule has 0 spiro atoms. The van der Waals surface area contributed by atoms with Crippen molar-refractivity contribution in [2.45, 2.75) is 19.5 Å². The number of carbonyl (C=O) groups excluding carboxylic acids is 2. The summed E-state index contributed by atoms with van der Waals surface area (Å²) in [6, 6.07) is 9.20. The van der Waals surface area contributed by atoms with E-state index in [1.807, 2.05) is 11.4 Å². The van der Waals surface area contributed by atoms with E-state index >= 15 is 0 Å². The lowest BCUT2D eigenvalue weighted by atomic mass is 9.95. The van der Waals surface area contributed by atoms with Crippen molar-refractivity contribution in [1.29, 1.82) is 0 Å². The lowest BCUT2D eigenvalue weighted by Gasteiger charge is -2.29. The minimum atomic E-state index is -0.789. The van der Waals surface area contributed by atoms with Crippen LogP contribution in [0.1, 0.15) is 18.5 Å². The van der Waals surface area contributed by atoms with Crippen LogP contribution in [-0.2, 0) is 16.1 Å². The van der Waals surface area contributed by atoms with Crippen LogP contribution in [0.2, 0.25) is 0 Å². The van der Waals surface area contributed by atoms with Crippen LogP contribution < -0.4 is 21.1 Å². The zero-order valence-electron chi connectivity index (χ0n) is 17.3. The Bertz CT molecular complexity index is 1210. The molecule has 1 unspecified atom stereocenters. The Morgan fingerprint density at radius 2 is 2.03 bits per heavy atom. The summed E-state index contributed by atoms with van der Waals surface area (Å²) in [5.74, 6) is -0.537. The number of rotatable bonds is 7. The quantitative estimate of drug-likeness (QED) is 0.523. The fourth-order valence-corrected chi connectivity index (χ4v) is 3.94. The molecule has 0 bridgehead atoms. The molecule has 2 aromatic heterocycles. The summed E-state index contributed by atoms with van der Waals surface area (Å²) in [7, 11) is 1.55. The Morgan fingerprint density at radius 3 is 2.69 bits per heavy atom. The molecule has 1 aliphatic rings. The molecule has 0 saturated carbocycles. The van der Waals surface area contributed by atoms with Crippen molar-refractivity contribution in [1.82, 2.24) is 20.4 Å². The van der Waals surface area contributed by atoms with Crippen molar-refractivity contribution in [3.63, 3.8) is 0 Å². The number of nitrogens with one attached hydrogen (secondary N) is 2. The minimum Gasteiger partial charge on any atom is -0.497 e. The van der Waals surface area contributed by atoms with Crippen LogP contribution in [0.4, 0.5) is 4.79 Å². The molecule has 0 aliphatic carbocycles. The average molecular weight is 456 g/mol. The average Bonchev–Trinajstić information content (AvgIpc) is 3.44. The summed E-state index contributed by atoms with van der Waals surface area (Å²) in [4.78, 5) is 38.3. The maximum atomic E-state index is 12.9. The Balaban J connectivity index is 1.75. The summed E-state index contributed by atoms with van der Waals surface area (Å²) >= 11 is 1.37. The van der Waals surface area contributed by atoms with Gasteiger partial charge in [-0.2, -0.15) is 4.68 Å². The second-order valence-corrected chi connectivity index (χ2v) is 7.67. The maximum Gasteiger partial charge on any atom is 0.437 e. The number of esters is 1. The fourth-order valence-electron chi connectivity index (χ4n) is 3.29. The van der Waals surface area contributed by atoms with Gasteiger partial charge in [-0.1, -0.05) is 18.2 Å². The van der Waals surface area contributed by atoms with E-state index in [4.69, 9.17) is 13.9 Å². The number of thiophene rings is 1. The number of hydrogen-bond acceptors (Lipinski definition) is 8. The smallest absolute Gasteiger partial charge is 0.437 e. The molecule has 1 aromatic carbocycles. The van der Waals surface area contributed by atoms with Gasteiger partial charge in [0, 0.05) is 0 Å². The molecular formula is C21H20N4O6S. The number of benzene rings is 1. The maximum absolute atomic E-state index is 12.9. The molecule has 0 radical (unpaired) electrons. The van der Waals surface area contributed by atoms with Crippen molar-refractivity contribution in [3.05, 3.63) is 69.2 Å². The molecule has 2 N–H and O–H groups in total. The second kappa shape index (κ2) is 9.10. The first-order valence-electron chi connectivity index (χ1n) is 9.73. The van der Waals surface area contributed by atoms with Crippen molar-refractivity contribution >= 4 is 23.3 Å². The molecule has 0 fully saturated rings. The first-order chi connectivity index (χ1) is 15.5. The SMILES string of the molecule is CCOC(=O)C1=C(Cn2nc(-c3cccs3)oc2=O)NC(=O)NC1c1ccc(OC)cc1. The van der Waals surface area contributed by atoms with Gasteiger partial charge >= 0.3 is 17.8 Å². The van der Waals surface area contributed by atoms with Crippen LogP contribution in [0.5, 0.6) is 5.75 Å². The van der Waals surface area contributed by atoms with Crippen LogP contribution >= 0.6 is 11.3 Å². The normalized spacial score (nSPS) is 15.8. The van der Waals surface area contributed by atoms with Gasteiger partial charge in [0.2, 0.25) is 0 Å². The molecule has 2 amide bonds. The van der Waals surface area contributed by atoms with E-state index < -0.39 is 23.8 Å². The Morgan fingerprint density at radius 1 is 1.25 bits per heavy atom. The third-order valence-electron chi connectivity index (χ3n) is 4.74. The molecule has 3 aromatic rings. The van der Waals surface area contributed by atoms with E-state index in [0.717, 1.165) is 4.68 Å². The number of hydrogen-bond donors (Lipinski definition) is 2. The van der Waals surface area contributed by atoms with E-state index in [9.17, 15) is 14.4 Å². The van der Waals surface area contributed by atoms with Gasteiger partial charge in [0.05, 0.1) is 42.5 Å². The van der Waals surface area contributed by atoms with Gasteiger partial charge in [-0.05, 0) is 36.1 Å². The van der Waals surface area contributed by atoms with Gasteiger partial charge in [-0.25, -0.2) is 14.4 Å². The number of amides is 2. The topological polar surface area (TPSA) is 125 Å². The van der Waals surface area contributed by atoms with E-state index in [1.165, 1.54) is 11.3 Å². The summed E-state index contributed by atoms with van der Waals surface area (Å²) in [6.07, 6.45) is 0. The van der Waals surface area contributed by atoms with Crippen molar-refractivity contribution in [2.24, 2.45) is 0 Å². The Kier molecular flexibility index (Phi) is 6.08. The third kappa shape index (κ3) is 4.28. The summed E-state index contributed by atoms with van der Waals surface area (Å²) < 4.78 is 16.7. The van der Waals surface area contributed by atoms with Gasteiger partial charge in [-0.3, -0.25) is 0 Å². The van der Waals surface area contributed by atoms with Crippen molar-refractivity contribution in [3.8, 4) is 16.5 Å². The number of carbonyl (C=O) groups is 2. The number of allylic oxidation sites excluding steroid dienone is 1. The zero-order chi connectivity index (χ0) is 22.7. The molecule has 4 rings (SSSR count). The molecule has 0 saturated heterocycles. The van der Waals surface area contributed by atoms with E-state index in [-0.39, 0.29) is 30.3 Å². The molecule has 1 aliphatic heterocycles. The molecule has 1 atom stereocenters. The largest absolute Gasteiger partial charge is 0.497 e. The second-order valence-electron chi connectivity index (χ2n) is 6.73. The lowest BCUT2D eigenvalue weighted by molar-refractivity contribution is -0.139. The first-order valence-corrected chi connectivity index (χ1v) is 10.6. The number of ether oxygens (including phenoxy) is 2. The van der Waals surface area contributed by atoms with Crippen LogP contribution in [0.3, 0.4) is 0 Å². The number of methoxy groups -OCH3 is 1. The highest BCUT2D eigenvalue weighted by Crippen LogP contribution is 2.29. The van der Waals surface area contributed by atoms with Gasteiger partial charge in [0.1, 0.15) is 5.75 Å². The highest BCUT2D eigenvalue weighted by Gasteiger charge is 2.34. The zero-order valence-corrected chi connectivity index (χ0v) is 18.1. The number of nitrogens with zero attached hydrogens (tertiary/aromatic N) is 2. The number of urea groups is 1. The molecule has 3 heterocycles. The van der Waals surface area contributed by atoms with Crippen LogP contribution in [0.25, 0.3) is 10.8 Å². The highest BCUT2D eigenvalue weighted by molar-refractivity contribution is 7.13. The molecule has 10 nitrogen and oxygen atoms in total. The Labute approximate surface area is 186 Å². The van der Waals surface area contributed by atoms with Gasteiger partial charge in [0.25, 0.3) is 5.89 Å². The van der Waals surface area contributed by atoms with Crippen molar-refractivity contribution < 1.29 is 23.5 Å². The molecule has 32 heavy (non-hydrogen) atoms. The van der Waals surface area contributed by atoms with Crippen molar-refractivity contribution in [2.75, 3.05) is 13.7 Å². The summed E-state index contributed by atoms with van der Waals surface area (Å²) in [6.45, 7) is 1.65.